The lowest BCUT2D eigenvalue weighted by atomic mass is 9.98. The van der Waals surface area contributed by atoms with Crippen molar-refractivity contribution in [1.29, 1.82) is 0 Å². The van der Waals surface area contributed by atoms with Crippen molar-refractivity contribution in [3.8, 4) is 0 Å². The maximum Gasteiger partial charge on any atom is 0.423 e. The molecule has 0 bridgehead atoms. The van der Waals surface area contributed by atoms with Crippen LogP contribution in [-0.4, -0.2) is 17.3 Å². The second-order valence-electron chi connectivity index (χ2n) is 4.09. The summed E-state index contributed by atoms with van der Waals surface area (Å²) in [5.41, 5.74) is -0.133. The summed E-state index contributed by atoms with van der Waals surface area (Å²) < 4.78 is 49.6. The van der Waals surface area contributed by atoms with E-state index in [1.165, 1.54) is 19.1 Å². The van der Waals surface area contributed by atoms with Crippen molar-refractivity contribution >= 4 is 5.97 Å². The van der Waals surface area contributed by atoms with E-state index in [9.17, 15) is 22.4 Å². The fourth-order valence-electron chi connectivity index (χ4n) is 1.51. The Kier molecular flexibility index (Phi) is 4.32. The van der Waals surface area contributed by atoms with E-state index < -0.39 is 29.8 Å². The Labute approximate surface area is 101 Å². The molecule has 18 heavy (non-hydrogen) atoms. The number of alkyl halides is 4. The molecule has 1 rings (SSSR count). The summed E-state index contributed by atoms with van der Waals surface area (Å²) in [6.07, 6.45) is -7.93. The predicted octanol–water partition coefficient (Wildman–Crippen LogP) is 3.52. The minimum absolute atomic E-state index is 0.0632. The molecule has 2 unspecified atom stereocenters. The number of hydrogen-bond acceptors (Lipinski definition) is 1. The van der Waals surface area contributed by atoms with Gasteiger partial charge >= 0.3 is 12.1 Å². The summed E-state index contributed by atoms with van der Waals surface area (Å²) in [6, 6.07) is 4.86. The zero-order chi connectivity index (χ0) is 13.9. The highest BCUT2D eigenvalue weighted by atomic mass is 19.4. The zero-order valence-corrected chi connectivity index (χ0v) is 9.54. The predicted molar refractivity (Wildman–Crippen MR) is 56.8 cm³/mol. The van der Waals surface area contributed by atoms with Crippen LogP contribution in [0.15, 0.2) is 24.3 Å². The van der Waals surface area contributed by atoms with Gasteiger partial charge < -0.3 is 5.11 Å². The van der Waals surface area contributed by atoms with Gasteiger partial charge in [-0.25, -0.2) is 4.39 Å². The Hall–Kier alpha value is -1.59. The van der Waals surface area contributed by atoms with Crippen LogP contribution < -0.4 is 0 Å². The molecule has 0 aliphatic rings. The van der Waals surface area contributed by atoms with Crippen LogP contribution >= 0.6 is 0 Å². The fraction of sp³-hybridized carbons (Fsp3) is 0.417. The molecule has 1 aromatic carbocycles. The van der Waals surface area contributed by atoms with Crippen molar-refractivity contribution in [3.63, 3.8) is 0 Å². The lowest BCUT2D eigenvalue weighted by Gasteiger charge is -2.14. The first-order valence-corrected chi connectivity index (χ1v) is 5.24. The van der Waals surface area contributed by atoms with Gasteiger partial charge in [0, 0.05) is 0 Å². The van der Waals surface area contributed by atoms with Gasteiger partial charge in [0.25, 0.3) is 0 Å². The number of aliphatic carboxylic acids is 1. The number of carboxylic acid groups (broad SMARTS) is 1. The van der Waals surface area contributed by atoms with Crippen LogP contribution in [0.5, 0.6) is 0 Å². The number of benzene rings is 1. The van der Waals surface area contributed by atoms with Crippen LogP contribution in [0.3, 0.4) is 0 Å². The highest BCUT2D eigenvalue weighted by molar-refractivity contribution is 5.69. The lowest BCUT2D eigenvalue weighted by Crippen LogP contribution is -2.17. The largest absolute Gasteiger partial charge is 0.481 e. The molecule has 0 heterocycles. The van der Waals surface area contributed by atoms with Gasteiger partial charge in [0.05, 0.1) is 5.92 Å². The quantitative estimate of drug-likeness (QED) is 0.845. The van der Waals surface area contributed by atoms with Crippen molar-refractivity contribution in [2.24, 2.45) is 5.92 Å². The molecule has 0 spiro atoms. The summed E-state index contributed by atoms with van der Waals surface area (Å²) in [6.45, 7) is 1.44. The molecule has 0 aliphatic carbocycles. The molecule has 2 atom stereocenters. The third-order valence-corrected chi connectivity index (χ3v) is 2.49. The van der Waals surface area contributed by atoms with Crippen LogP contribution in [0.1, 0.15) is 24.2 Å². The number of carbonyl (C=O) groups is 1. The van der Waals surface area contributed by atoms with Crippen molar-refractivity contribution in [2.75, 3.05) is 0 Å². The van der Waals surface area contributed by atoms with Gasteiger partial charge in [-0.15, -0.1) is 0 Å². The van der Waals surface area contributed by atoms with E-state index in [1.54, 1.807) is 0 Å². The molecular formula is C12H12F4O2. The minimum Gasteiger partial charge on any atom is -0.481 e. The SMILES string of the molecule is CC(Cc1cccc(C(F)C(F)(F)F)c1)C(=O)O. The molecule has 0 fully saturated rings. The van der Waals surface area contributed by atoms with Crippen LogP contribution in [0.4, 0.5) is 17.6 Å². The highest BCUT2D eigenvalue weighted by Crippen LogP contribution is 2.36. The third-order valence-electron chi connectivity index (χ3n) is 2.49. The zero-order valence-electron chi connectivity index (χ0n) is 9.54. The van der Waals surface area contributed by atoms with Crippen LogP contribution in [0.25, 0.3) is 0 Å². The summed E-state index contributed by atoms with van der Waals surface area (Å²) >= 11 is 0. The average molecular weight is 264 g/mol. The second-order valence-corrected chi connectivity index (χ2v) is 4.09. The first-order chi connectivity index (χ1) is 8.21. The van der Waals surface area contributed by atoms with E-state index in [4.69, 9.17) is 5.11 Å². The average Bonchev–Trinajstić information content (AvgIpc) is 2.27. The Balaban J connectivity index is 2.89. The fourth-order valence-corrected chi connectivity index (χ4v) is 1.51. The van der Waals surface area contributed by atoms with Crippen LogP contribution in [0, 0.1) is 5.92 Å². The molecule has 0 amide bonds. The summed E-state index contributed by atoms with van der Waals surface area (Å²) in [5.74, 6) is -1.78. The molecule has 0 saturated carbocycles. The molecule has 0 aromatic heterocycles. The maximum atomic E-state index is 13.1. The summed E-state index contributed by atoms with van der Waals surface area (Å²) in [5, 5.41) is 8.70. The van der Waals surface area contributed by atoms with Crippen LogP contribution in [-0.2, 0) is 11.2 Å². The molecular weight excluding hydrogens is 252 g/mol. The maximum absolute atomic E-state index is 13.1. The number of hydrogen-bond donors (Lipinski definition) is 1. The lowest BCUT2D eigenvalue weighted by molar-refractivity contribution is -0.182. The van der Waals surface area contributed by atoms with Gasteiger partial charge in [0.15, 0.2) is 0 Å². The van der Waals surface area contributed by atoms with Crippen molar-refractivity contribution in [2.45, 2.75) is 25.7 Å². The smallest absolute Gasteiger partial charge is 0.423 e. The second kappa shape index (κ2) is 5.37. The molecule has 1 N–H and O–H groups in total. The topological polar surface area (TPSA) is 37.3 Å². The Morgan fingerprint density at radius 3 is 2.50 bits per heavy atom. The molecule has 0 aliphatic heterocycles. The molecule has 6 heteroatoms. The molecule has 0 saturated heterocycles. The van der Waals surface area contributed by atoms with Gasteiger partial charge in [0.1, 0.15) is 0 Å². The first-order valence-electron chi connectivity index (χ1n) is 5.24. The standard InChI is InChI=1S/C12H12F4O2/c1-7(11(17)18)5-8-3-2-4-9(6-8)10(13)12(14,15)16/h2-4,6-7,10H,5H2,1H3,(H,17,18). The third kappa shape index (κ3) is 3.72. The van der Waals surface area contributed by atoms with Crippen molar-refractivity contribution in [1.82, 2.24) is 0 Å². The first kappa shape index (κ1) is 14.5. The number of halogens is 4. The van der Waals surface area contributed by atoms with Crippen molar-refractivity contribution in [3.05, 3.63) is 35.4 Å². The Bertz CT molecular complexity index is 428. The monoisotopic (exact) mass is 264 g/mol. The Morgan fingerprint density at radius 1 is 1.39 bits per heavy atom. The molecule has 1 aromatic rings. The van der Waals surface area contributed by atoms with E-state index in [0.29, 0.717) is 5.56 Å². The van der Waals surface area contributed by atoms with E-state index in [-0.39, 0.29) is 6.42 Å². The van der Waals surface area contributed by atoms with E-state index in [1.807, 2.05) is 0 Å². The van der Waals surface area contributed by atoms with Gasteiger partial charge in [-0.1, -0.05) is 31.2 Å². The minimum atomic E-state index is -4.95. The molecule has 0 radical (unpaired) electrons. The molecule has 2 nitrogen and oxygen atoms in total. The van der Waals surface area contributed by atoms with E-state index in [0.717, 1.165) is 12.1 Å². The highest BCUT2D eigenvalue weighted by Gasteiger charge is 2.41. The van der Waals surface area contributed by atoms with Crippen LogP contribution in [0.2, 0.25) is 0 Å². The van der Waals surface area contributed by atoms with E-state index in [2.05, 4.69) is 0 Å². The van der Waals surface area contributed by atoms with Gasteiger partial charge in [-0.2, -0.15) is 13.2 Å². The van der Waals surface area contributed by atoms with E-state index >= 15 is 0 Å². The van der Waals surface area contributed by atoms with Gasteiger partial charge in [-0.3, -0.25) is 4.79 Å². The van der Waals surface area contributed by atoms with Crippen molar-refractivity contribution < 1.29 is 27.5 Å². The summed E-state index contributed by atoms with van der Waals surface area (Å²) in [7, 11) is 0. The van der Waals surface area contributed by atoms with Gasteiger partial charge in [0.2, 0.25) is 6.17 Å². The van der Waals surface area contributed by atoms with Gasteiger partial charge in [-0.05, 0) is 17.5 Å². The summed E-state index contributed by atoms with van der Waals surface area (Å²) in [4.78, 5) is 10.6. The Morgan fingerprint density at radius 2 is 2.00 bits per heavy atom. The number of carboxylic acids is 1. The number of rotatable bonds is 4. The molecule has 100 valence electrons. The normalized spacial score (nSPS) is 15.2.